The van der Waals surface area contributed by atoms with Gasteiger partial charge in [0.1, 0.15) is 5.69 Å². The lowest BCUT2D eigenvalue weighted by molar-refractivity contribution is -0.384. The van der Waals surface area contributed by atoms with E-state index in [2.05, 4.69) is 10.3 Å². The fourth-order valence-corrected chi connectivity index (χ4v) is 3.28. The van der Waals surface area contributed by atoms with Crippen LogP contribution in [0.25, 0.3) is 5.69 Å². The van der Waals surface area contributed by atoms with E-state index in [-0.39, 0.29) is 23.1 Å². The number of amides is 2. The number of nitrogens with zero attached hydrogens (tertiary/aromatic N) is 4. The Hall–Kier alpha value is -3.23. The van der Waals surface area contributed by atoms with Crippen LogP contribution in [0.3, 0.4) is 0 Å². The molecule has 1 aromatic heterocycles. The normalized spacial score (nSPS) is 14.6. The van der Waals surface area contributed by atoms with E-state index in [1.54, 1.807) is 12.3 Å². The molecule has 2 heterocycles. The molecule has 1 aliphatic rings. The molecule has 0 aliphatic carbocycles. The number of hydrogen-bond donors (Lipinski definition) is 1. The minimum Gasteiger partial charge on any atom is -0.352 e. The molecule has 148 valence electrons. The molecule has 2 aromatic rings. The van der Waals surface area contributed by atoms with Gasteiger partial charge in [-0.15, -0.1) is 0 Å². The number of nitro benzene ring substituents is 1. The Kier molecular flexibility index (Phi) is 6.36. The number of carbonyl (C=O) groups is 2. The van der Waals surface area contributed by atoms with E-state index in [1.807, 2.05) is 4.90 Å². The van der Waals surface area contributed by atoms with E-state index < -0.39 is 4.92 Å². The number of benzene rings is 1. The molecule has 1 aliphatic heterocycles. The first-order valence-corrected chi connectivity index (χ1v) is 9.39. The number of likely N-dealkylation sites (tertiary alicyclic amines) is 1. The number of nitro groups is 1. The molecular formula is C19H23N5O4. The molecule has 1 fully saturated rings. The summed E-state index contributed by atoms with van der Waals surface area (Å²) in [6.45, 7) is 1.78. The monoisotopic (exact) mass is 385 g/mol. The first-order valence-electron chi connectivity index (χ1n) is 9.39. The predicted molar refractivity (Wildman–Crippen MR) is 102 cm³/mol. The zero-order valence-electron chi connectivity index (χ0n) is 15.5. The molecule has 0 spiro atoms. The Morgan fingerprint density at radius 2 is 2.14 bits per heavy atom. The van der Waals surface area contributed by atoms with E-state index in [0.717, 1.165) is 25.8 Å². The molecule has 9 nitrogen and oxygen atoms in total. The van der Waals surface area contributed by atoms with Crippen LogP contribution in [-0.2, 0) is 4.79 Å². The summed E-state index contributed by atoms with van der Waals surface area (Å²) in [5, 5.41) is 14.2. The second-order valence-corrected chi connectivity index (χ2v) is 6.73. The smallest absolute Gasteiger partial charge is 0.294 e. The molecule has 0 bridgehead atoms. The molecule has 1 N–H and O–H groups in total. The Morgan fingerprint density at radius 1 is 1.29 bits per heavy atom. The standard InChI is InChI=1S/C19H23N5O4/c25-18-5-2-1-3-10-22(18)11-4-8-21-19(26)15-6-7-16(17(13-15)24(27)28)23-12-9-20-14-23/h6-7,9,12-14H,1-5,8,10-11H2,(H,21,26). The largest absolute Gasteiger partial charge is 0.352 e. The highest BCUT2D eigenvalue weighted by Crippen LogP contribution is 2.24. The van der Waals surface area contributed by atoms with Crippen molar-refractivity contribution in [1.29, 1.82) is 0 Å². The summed E-state index contributed by atoms with van der Waals surface area (Å²) in [6, 6.07) is 4.35. The third-order valence-corrected chi connectivity index (χ3v) is 4.78. The van der Waals surface area contributed by atoms with Crippen LogP contribution in [0.1, 0.15) is 42.5 Å². The number of aromatic nitrogens is 2. The lowest BCUT2D eigenvalue weighted by atomic mass is 10.1. The number of imidazole rings is 1. The van der Waals surface area contributed by atoms with Crippen LogP contribution in [0, 0.1) is 10.1 Å². The molecule has 0 atom stereocenters. The summed E-state index contributed by atoms with van der Waals surface area (Å²) in [5.74, 6) is -0.197. The average Bonchev–Trinajstić information content (AvgIpc) is 3.15. The molecule has 0 unspecified atom stereocenters. The van der Waals surface area contributed by atoms with Gasteiger partial charge in [-0.3, -0.25) is 19.7 Å². The van der Waals surface area contributed by atoms with Gasteiger partial charge in [-0.2, -0.15) is 0 Å². The third-order valence-electron chi connectivity index (χ3n) is 4.78. The maximum Gasteiger partial charge on any atom is 0.294 e. The second kappa shape index (κ2) is 9.12. The highest BCUT2D eigenvalue weighted by Gasteiger charge is 2.19. The Bertz CT molecular complexity index is 850. The van der Waals surface area contributed by atoms with Gasteiger partial charge in [0.15, 0.2) is 0 Å². The Balaban J connectivity index is 1.57. The number of hydrogen-bond acceptors (Lipinski definition) is 5. The van der Waals surface area contributed by atoms with E-state index >= 15 is 0 Å². The summed E-state index contributed by atoms with van der Waals surface area (Å²) in [4.78, 5) is 40.9. The second-order valence-electron chi connectivity index (χ2n) is 6.73. The molecule has 28 heavy (non-hydrogen) atoms. The van der Waals surface area contributed by atoms with Gasteiger partial charge in [0.05, 0.1) is 11.3 Å². The van der Waals surface area contributed by atoms with Crippen molar-refractivity contribution in [2.75, 3.05) is 19.6 Å². The van der Waals surface area contributed by atoms with Gasteiger partial charge in [0, 0.05) is 50.1 Å². The highest BCUT2D eigenvalue weighted by molar-refractivity contribution is 5.95. The van der Waals surface area contributed by atoms with E-state index in [1.165, 1.54) is 29.2 Å². The fourth-order valence-electron chi connectivity index (χ4n) is 3.28. The maximum absolute atomic E-state index is 12.4. The Labute approximate surface area is 162 Å². The van der Waals surface area contributed by atoms with Crippen LogP contribution < -0.4 is 5.32 Å². The van der Waals surface area contributed by atoms with Gasteiger partial charge in [0.2, 0.25) is 5.91 Å². The Morgan fingerprint density at radius 3 is 2.89 bits per heavy atom. The molecule has 9 heteroatoms. The summed E-state index contributed by atoms with van der Waals surface area (Å²) in [6.07, 6.45) is 8.88. The summed E-state index contributed by atoms with van der Waals surface area (Å²) >= 11 is 0. The quantitative estimate of drug-likeness (QED) is 0.447. The summed E-state index contributed by atoms with van der Waals surface area (Å²) in [5.41, 5.74) is 0.404. The zero-order chi connectivity index (χ0) is 19.9. The van der Waals surface area contributed by atoms with Gasteiger partial charge in [-0.05, 0) is 31.4 Å². The van der Waals surface area contributed by atoms with Crippen molar-refractivity contribution in [2.45, 2.75) is 32.1 Å². The molecule has 2 amide bonds. The van der Waals surface area contributed by atoms with Crippen LogP contribution in [0.2, 0.25) is 0 Å². The van der Waals surface area contributed by atoms with E-state index in [4.69, 9.17) is 0 Å². The van der Waals surface area contributed by atoms with Crippen LogP contribution in [0.4, 0.5) is 5.69 Å². The van der Waals surface area contributed by atoms with Crippen LogP contribution in [-0.4, -0.2) is 50.8 Å². The third kappa shape index (κ3) is 4.73. The maximum atomic E-state index is 12.4. The van der Waals surface area contributed by atoms with E-state index in [0.29, 0.717) is 31.6 Å². The fraction of sp³-hybridized carbons (Fsp3) is 0.421. The minimum absolute atomic E-state index is 0.166. The summed E-state index contributed by atoms with van der Waals surface area (Å²) in [7, 11) is 0. The topological polar surface area (TPSA) is 110 Å². The van der Waals surface area contributed by atoms with Crippen LogP contribution in [0.5, 0.6) is 0 Å². The lowest BCUT2D eigenvalue weighted by Gasteiger charge is -2.20. The average molecular weight is 385 g/mol. The first kappa shape index (κ1) is 19.5. The van der Waals surface area contributed by atoms with Gasteiger partial charge < -0.3 is 14.8 Å². The molecular weight excluding hydrogens is 362 g/mol. The SMILES string of the molecule is O=C(NCCCN1CCCCCC1=O)c1ccc(-n2ccnc2)c([N+](=O)[O-])c1. The summed E-state index contributed by atoms with van der Waals surface area (Å²) < 4.78 is 1.53. The van der Waals surface area contributed by atoms with Gasteiger partial charge in [0.25, 0.3) is 11.6 Å². The van der Waals surface area contributed by atoms with Crippen molar-refractivity contribution in [3.05, 3.63) is 52.6 Å². The lowest BCUT2D eigenvalue weighted by Crippen LogP contribution is -2.34. The number of nitrogens with one attached hydrogen (secondary N) is 1. The zero-order valence-corrected chi connectivity index (χ0v) is 15.5. The van der Waals surface area contributed by atoms with Crippen molar-refractivity contribution >= 4 is 17.5 Å². The van der Waals surface area contributed by atoms with E-state index in [9.17, 15) is 19.7 Å². The van der Waals surface area contributed by atoms with Crippen LogP contribution in [0.15, 0.2) is 36.9 Å². The van der Waals surface area contributed by atoms with Crippen molar-refractivity contribution in [3.8, 4) is 5.69 Å². The van der Waals surface area contributed by atoms with Gasteiger partial charge >= 0.3 is 0 Å². The van der Waals surface area contributed by atoms with Gasteiger partial charge in [-0.1, -0.05) is 6.42 Å². The molecule has 3 rings (SSSR count). The van der Waals surface area contributed by atoms with Crippen LogP contribution >= 0.6 is 0 Å². The van der Waals surface area contributed by atoms with Gasteiger partial charge in [-0.25, -0.2) is 4.98 Å². The molecule has 1 saturated heterocycles. The van der Waals surface area contributed by atoms with Crippen molar-refractivity contribution in [2.24, 2.45) is 0 Å². The molecule has 0 saturated carbocycles. The predicted octanol–water partition coefficient (Wildman–Crippen LogP) is 2.30. The number of carbonyl (C=O) groups excluding carboxylic acids is 2. The van der Waals surface area contributed by atoms with Crippen molar-refractivity contribution < 1.29 is 14.5 Å². The van der Waals surface area contributed by atoms with Crippen molar-refractivity contribution in [3.63, 3.8) is 0 Å². The highest BCUT2D eigenvalue weighted by atomic mass is 16.6. The number of rotatable bonds is 7. The first-order chi connectivity index (χ1) is 13.6. The minimum atomic E-state index is -0.517. The van der Waals surface area contributed by atoms with Crippen molar-refractivity contribution in [1.82, 2.24) is 19.8 Å². The molecule has 1 aromatic carbocycles. The molecule has 0 radical (unpaired) electrons.